The van der Waals surface area contributed by atoms with Crippen LogP contribution in [0.15, 0.2) is 36.4 Å². The summed E-state index contributed by atoms with van der Waals surface area (Å²) in [4.78, 5) is 17.2. The third-order valence-corrected chi connectivity index (χ3v) is 5.73. The van der Waals surface area contributed by atoms with E-state index in [1.165, 1.54) is 0 Å². The number of nitrogens with zero attached hydrogens (tertiary/aromatic N) is 2. The molecule has 1 saturated heterocycles. The lowest BCUT2D eigenvalue weighted by molar-refractivity contribution is -0.118. The summed E-state index contributed by atoms with van der Waals surface area (Å²) in [5.41, 5.74) is 2.52. The first kappa shape index (κ1) is 20.8. The van der Waals surface area contributed by atoms with Crippen LogP contribution in [0.25, 0.3) is 0 Å². The number of amides is 1. The van der Waals surface area contributed by atoms with Crippen LogP contribution in [0.2, 0.25) is 5.02 Å². The van der Waals surface area contributed by atoms with Gasteiger partial charge in [0.1, 0.15) is 5.60 Å². The summed E-state index contributed by atoms with van der Waals surface area (Å²) in [6, 6.07) is 11.4. The van der Waals surface area contributed by atoms with Gasteiger partial charge in [-0.05, 0) is 45.2 Å². The third kappa shape index (κ3) is 4.65. The Bertz CT molecular complexity index is 939. The predicted molar refractivity (Wildman–Crippen MR) is 120 cm³/mol. The van der Waals surface area contributed by atoms with Crippen LogP contribution in [-0.4, -0.2) is 56.2 Å². The Morgan fingerprint density at radius 1 is 1.20 bits per heavy atom. The number of carbonyl (C=O) groups is 1. The number of fused-ring (bicyclic) bond motifs is 1. The van der Waals surface area contributed by atoms with E-state index >= 15 is 0 Å². The minimum absolute atomic E-state index is 0.102. The second kappa shape index (κ2) is 8.36. The molecule has 1 fully saturated rings. The highest BCUT2D eigenvalue weighted by Gasteiger charge is 2.32. The van der Waals surface area contributed by atoms with Crippen molar-refractivity contribution in [2.75, 3.05) is 50.1 Å². The molecular formula is C23H28ClN3O3. The number of likely N-dealkylation sites (N-methyl/N-ethyl adjacent to an activating group) is 1. The monoisotopic (exact) mass is 429 g/mol. The Labute approximate surface area is 182 Å². The summed E-state index contributed by atoms with van der Waals surface area (Å²) in [5, 5.41) is 3.55. The Morgan fingerprint density at radius 3 is 2.73 bits per heavy atom. The normalized spacial score (nSPS) is 17.9. The molecule has 0 bridgehead atoms. The molecule has 1 amide bonds. The number of para-hydroxylation sites is 1. The minimum Gasteiger partial charge on any atom is -0.483 e. The summed E-state index contributed by atoms with van der Waals surface area (Å²) in [6.45, 7) is 7.75. The maximum atomic E-state index is 12.7. The number of ether oxygens (including phenoxy) is 2. The second-order valence-electron chi connectivity index (χ2n) is 8.57. The number of hydrogen-bond acceptors (Lipinski definition) is 5. The zero-order chi connectivity index (χ0) is 21.3. The molecule has 2 aliphatic heterocycles. The number of hydrogen-bond donors (Lipinski definition) is 1. The van der Waals surface area contributed by atoms with Crippen molar-refractivity contribution in [3.63, 3.8) is 0 Å². The van der Waals surface area contributed by atoms with E-state index in [4.69, 9.17) is 21.1 Å². The fraction of sp³-hybridized carbons (Fsp3) is 0.435. The summed E-state index contributed by atoms with van der Waals surface area (Å²) < 4.78 is 11.8. The number of anilines is 2. The lowest BCUT2D eigenvalue weighted by atomic mass is 10.0. The molecule has 4 rings (SSSR count). The fourth-order valence-electron chi connectivity index (χ4n) is 3.96. The molecule has 0 unspecified atom stereocenters. The Balaban J connectivity index is 1.43. The van der Waals surface area contributed by atoms with E-state index in [2.05, 4.69) is 22.2 Å². The minimum atomic E-state index is -0.262. The first-order valence-electron chi connectivity index (χ1n) is 10.3. The first-order valence-corrected chi connectivity index (χ1v) is 10.7. The first-order chi connectivity index (χ1) is 14.3. The highest BCUT2D eigenvalue weighted by molar-refractivity contribution is 6.31. The van der Waals surface area contributed by atoms with Gasteiger partial charge in [-0.1, -0.05) is 23.7 Å². The number of carbonyl (C=O) groups excluding carboxylic acids is 1. The van der Waals surface area contributed by atoms with Gasteiger partial charge in [-0.2, -0.15) is 0 Å². The Morgan fingerprint density at radius 2 is 1.97 bits per heavy atom. The summed E-state index contributed by atoms with van der Waals surface area (Å²) in [5.74, 6) is 1.09. The molecule has 0 aromatic heterocycles. The smallest absolute Gasteiger partial charge is 0.262 e. The topological polar surface area (TPSA) is 54.0 Å². The number of nitrogens with one attached hydrogen (secondary N) is 1. The van der Waals surface area contributed by atoms with Gasteiger partial charge in [0, 0.05) is 43.2 Å². The molecule has 1 N–H and O–H groups in total. The largest absolute Gasteiger partial charge is 0.483 e. The van der Waals surface area contributed by atoms with Crippen LogP contribution in [-0.2, 0) is 11.2 Å². The van der Waals surface area contributed by atoms with Gasteiger partial charge in [0.15, 0.2) is 18.1 Å². The van der Waals surface area contributed by atoms with Gasteiger partial charge in [0.2, 0.25) is 0 Å². The second-order valence-corrected chi connectivity index (χ2v) is 9.01. The molecule has 2 aromatic rings. The Kier molecular flexibility index (Phi) is 5.80. The average molecular weight is 430 g/mol. The van der Waals surface area contributed by atoms with E-state index in [0.717, 1.165) is 49.6 Å². The molecule has 30 heavy (non-hydrogen) atoms. The highest BCUT2D eigenvalue weighted by atomic mass is 35.5. The van der Waals surface area contributed by atoms with Crippen molar-refractivity contribution in [3.8, 4) is 11.5 Å². The molecule has 0 aliphatic carbocycles. The molecule has 0 atom stereocenters. The van der Waals surface area contributed by atoms with Gasteiger partial charge < -0.3 is 24.6 Å². The lowest BCUT2D eigenvalue weighted by Crippen LogP contribution is -2.44. The van der Waals surface area contributed by atoms with Crippen molar-refractivity contribution in [2.24, 2.45) is 0 Å². The molecular weight excluding hydrogens is 402 g/mol. The lowest BCUT2D eigenvalue weighted by Gasteiger charge is -2.35. The molecule has 2 aliphatic rings. The molecule has 2 aromatic carbocycles. The quantitative estimate of drug-likeness (QED) is 0.783. The maximum Gasteiger partial charge on any atom is 0.262 e. The van der Waals surface area contributed by atoms with Crippen LogP contribution in [0.1, 0.15) is 19.4 Å². The maximum absolute atomic E-state index is 12.7. The van der Waals surface area contributed by atoms with Crippen molar-refractivity contribution in [2.45, 2.75) is 25.9 Å². The van der Waals surface area contributed by atoms with E-state index in [-0.39, 0.29) is 18.1 Å². The SMILES string of the molecule is CN1CCN(c2ccc(Cl)cc2NC(=O)COc2cccc3c2OC(C)(C)C3)CC1. The van der Waals surface area contributed by atoms with Crippen molar-refractivity contribution >= 4 is 28.9 Å². The Hall–Kier alpha value is -2.44. The van der Waals surface area contributed by atoms with Crippen LogP contribution < -0.4 is 19.7 Å². The van der Waals surface area contributed by atoms with Crippen molar-refractivity contribution in [1.29, 1.82) is 0 Å². The summed E-state index contributed by atoms with van der Waals surface area (Å²) >= 11 is 6.20. The number of benzene rings is 2. The van der Waals surface area contributed by atoms with E-state index in [1.54, 1.807) is 6.07 Å². The molecule has 0 radical (unpaired) electrons. The van der Waals surface area contributed by atoms with Gasteiger partial charge in [0.25, 0.3) is 5.91 Å². The molecule has 0 saturated carbocycles. The standard InChI is InChI=1S/C23H28ClN3O3/c1-23(2)14-16-5-4-6-20(22(16)30-23)29-15-21(28)25-18-13-17(24)7-8-19(18)27-11-9-26(3)10-12-27/h4-8,13H,9-12,14-15H2,1-3H3,(H,25,28). The number of rotatable bonds is 5. The van der Waals surface area contributed by atoms with E-state index in [0.29, 0.717) is 16.5 Å². The van der Waals surface area contributed by atoms with E-state index < -0.39 is 0 Å². The molecule has 6 nitrogen and oxygen atoms in total. The van der Waals surface area contributed by atoms with Crippen molar-refractivity contribution in [1.82, 2.24) is 4.90 Å². The van der Waals surface area contributed by atoms with Crippen molar-refractivity contribution < 1.29 is 14.3 Å². The zero-order valence-electron chi connectivity index (χ0n) is 17.7. The van der Waals surface area contributed by atoms with Gasteiger partial charge in [-0.25, -0.2) is 0 Å². The van der Waals surface area contributed by atoms with Crippen LogP contribution in [0.3, 0.4) is 0 Å². The van der Waals surface area contributed by atoms with E-state index in [1.807, 2.05) is 44.2 Å². The van der Waals surface area contributed by atoms with Crippen LogP contribution in [0.4, 0.5) is 11.4 Å². The number of halogens is 1. The molecule has 7 heteroatoms. The average Bonchev–Trinajstić information content (AvgIpc) is 3.02. The zero-order valence-corrected chi connectivity index (χ0v) is 18.5. The van der Waals surface area contributed by atoms with Gasteiger partial charge in [-0.3, -0.25) is 4.79 Å². The van der Waals surface area contributed by atoms with Crippen molar-refractivity contribution in [3.05, 3.63) is 47.0 Å². The van der Waals surface area contributed by atoms with E-state index in [9.17, 15) is 4.79 Å². The number of piperazine rings is 1. The predicted octanol–water partition coefficient (Wildman–Crippen LogP) is 3.82. The summed E-state index contributed by atoms with van der Waals surface area (Å²) in [7, 11) is 2.12. The summed E-state index contributed by atoms with van der Waals surface area (Å²) in [6.07, 6.45) is 0.822. The van der Waals surface area contributed by atoms with Crippen LogP contribution in [0, 0.1) is 0 Å². The molecule has 0 spiro atoms. The molecule has 2 heterocycles. The van der Waals surface area contributed by atoms with Crippen LogP contribution in [0.5, 0.6) is 11.5 Å². The third-order valence-electron chi connectivity index (χ3n) is 5.49. The van der Waals surface area contributed by atoms with Gasteiger partial charge in [0.05, 0.1) is 11.4 Å². The van der Waals surface area contributed by atoms with Crippen LogP contribution >= 0.6 is 11.6 Å². The highest BCUT2D eigenvalue weighted by Crippen LogP contribution is 2.41. The van der Waals surface area contributed by atoms with Gasteiger partial charge >= 0.3 is 0 Å². The molecule has 160 valence electrons. The fourth-order valence-corrected chi connectivity index (χ4v) is 4.13. The van der Waals surface area contributed by atoms with Gasteiger partial charge in [-0.15, -0.1) is 0 Å².